The summed E-state index contributed by atoms with van der Waals surface area (Å²) in [7, 11) is 3.41. The predicted molar refractivity (Wildman–Crippen MR) is 64.1 cm³/mol. The van der Waals surface area contributed by atoms with E-state index in [0.717, 1.165) is 0 Å². The molecular weight excluding hydrogens is 220 g/mol. The molecule has 17 heavy (non-hydrogen) atoms. The number of hydrogen-bond donors (Lipinski definition) is 1. The van der Waals surface area contributed by atoms with Crippen LogP contribution in [-0.4, -0.2) is 44.2 Å². The summed E-state index contributed by atoms with van der Waals surface area (Å²) in [6.07, 6.45) is 0.0190. The number of hydrogen-bond acceptors (Lipinski definition) is 4. The van der Waals surface area contributed by atoms with Crippen LogP contribution in [0.2, 0.25) is 0 Å². The number of ether oxygens (including phenoxy) is 2. The lowest BCUT2D eigenvalue weighted by Gasteiger charge is -2.28. The highest BCUT2D eigenvalue weighted by Crippen LogP contribution is 2.25. The fourth-order valence-corrected chi connectivity index (χ4v) is 1.52. The second kappa shape index (κ2) is 4.63. The topological polar surface area (TPSA) is 64.8 Å². The van der Waals surface area contributed by atoms with Crippen molar-refractivity contribution in [3.05, 3.63) is 23.8 Å². The molecule has 92 valence electrons. The molecule has 2 rings (SSSR count). The van der Waals surface area contributed by atoms with Crippen LogP contribution in [0.3, 0.4) is 0 Å². The average molecular weight is 236 g/mol. The van der Waals surface area contributed by atoms with Crippen molar-refractivity contribution in [3.63, 3.8) is 0 Å². The molecule has 1 aromatic carbocycles. The number of amides is 1. The molecule has 1 aliphatic heterocycles. The Morgan fingerprint density at radius 1 is 1.47 bits per heavy atom. The lowest BCUT2D eigenvalue weighted by Crippen LogP contribution is -2.39. The number of benzene rings is 1. The second-order valence-corrected chi connectivity index (χ2v) is 4.23. The Bertz CT molecular complexity index is 428. The molecular formula is C12H16N2O3. The Balaban J connectivity index is 2.26. The summed E-state index contributed by atoms with van der Waals surface area (Å²) in [4.78, 5) is 13.4. The number of nitrogens with two attached hydrogens (primary N) is 1. The largest absolute Gasteiger partial charge is 0.485 e. The van der Waals surface area contributed by atoms with E-state index in [4.69, 9.17) is 15.2 Å². The van der Waals surface area contributed by atoms with Gasteiger partial charge in [-0.25, -0.2) is 0 Å². The Morgan fingerprint density at radius 2 is 2.18 bits per heavy atom. The summed E-state index contributed by atoms with van der Waals surface area (Å²) >= 11 is 0. The van der Waals surface area contributed by atoms with E-state index in [1.54, 1.807) is 32.3 Å². The minimum Gasteiger partial charge on any atom is -0.485 e. The zero-order valence-corrected chi connectivity index (χ0v) is 9.97. The van der Waals surface area contributed by atoms with E-state index < -0.39 is 0 Å². The molecule has 1 aliphatic rings. The third-order valence-corrected chi connectivity index (χ3v) is 2.54. The van der Waals surface area contributed by atoms with Crippen molar-refractivity contribution in [2.75, 3.05) is 33.0 Å². The molecule has 1 fully saturated rings. The van der Waals surface area contributed by atoms with Crippen LogP contribution in [0.1, 0.15) is 10.4 Å². The number of carbonyl (C=O) groups is 1. The van der Waals surface area contributed by atoms with Gasteiger partial charge in [0.05, 0.1) is 18.8 Å². The molecule has 0 saturated carbocycles. The molecule has 1 amide bonds. The first-order valence-electron chi connectivity index (χ1n) is 5.43. The molecule has 0 spiro atoms. The highest BCUT2D eigenvalue weighted by Gasteiger charge is 2.23. The normalized spacial score (nSPS) is 15.2. The van der Waals surface area contributed by atoms with E-state index in [0.29, 0.717) is 30.2 Å². The standard InChI is InChI=1S/C12H16N2O3/c1-14(2)12(15)10-4-3-8(13)5-11(10)17-9-6-16-7-9/h3-5,9H,6-7,13H2,1-2H3. The summed E-state index contributed by atoms with van der Waals surface area (Å²) in [6, 6.07) is 5.06. The van der Waals surface area contributed by atoms with Gasteiger partial charge in [-0.3, -0.25) is 4.79 Å². The van der Waals surface area contributed by atoms with Crippen LogP contribution >= 0.6 is 0 Å². The minimum absolute atomic E-state index is 0.0190. The summed E-state index contributed by atoms with van der Waals surface area (Å²) < 4.78 is 10.7. The average Bonchev–Trinajstić information content (AvgIpc) is 2.22. The highest BCUT2D eigenvalue weighted by molar-refractivity contribution is 5.97. The maximum Gasteiger partial charge on any atom is 0.257 e. The van der Waals surface area contributed by atoms with Crippen molar-refractivity contribution >= 4 is 11.6 Å². The van der Waals surface area contributed by atoms with Gasteiger partial charge in [-0.1, -0.05) is 0 Å². The van der Waals surface area contributed by atoms with Gasteiger partial charge in [0.1, 0.15) is 11.9 Å². The van der Waals surface area contributed by atoms with Crippen LogP contribution < -0.4 is 10.5 Å². The van der Waals surface area contributed by atoms with Crippen molar-refractivity contribution in [3.8, 4) is 5.75 Å². The summed E-state index contributed by atoms with van der Waals surface area (Å²) in [5.41, 5.74) is 6.81. The maximum absolute atomic E-state index is 11.9. The molecule has 0 bridgehead atoms. The van der Waals surface area contributed by atoms with Gasteiger partial charge < -0.3 is 20.1 Å². The minimum atomic E-state index is -0.0970. The highest BCUT2D eigenvalue weighted by atomic mass is 16.6. The maximum atomic E-state index is 11.9. The zero-order chi connectivity index (χ0) is 12.4. The molecule has 0 unspecified atom stereocenters. The fraction of sp³-hybridized carbons (Fsp3) is 0.417. The monoisotopic (exact) mass is 236 g/mol. The Morgan fingerprint density at radius 3 is 2.71 bits per heavy atom. The zero-order valence-electron chi connectivity index (χ0n) is 9.97. The van der Waals surface area contributed by atoms with E-state index in [9.17, 15) is 4.79 Å². The van der Waals surface area contributed by atoms with Crippen LogP contribution in [0.4, 0.5) is 5.69 Å². The molecule has 5 heteroatoms. The number of nitrogens with zero attached hydrogens (tertiary/aromatic N) is 1. The van der Waals surface area contributed by atoms with Crippen molar-refractivity contribution < 1.29 is 14.3 Å². The first-order valence-corrected chi connectivity index (χ1v) is 5.43. The number of anilines is 1. The second-order valence-electron chi connectivity index (χ2n) is 4.23. The third kappa shape index (κ3) is 2.50. The Kier molecular flexibility index (Phi) is 3.19. The van der Waals surface area contributed by atoms with Gasteiger partial charge in [0.2, 0.25) is 0 Å². The van der Waals surface area contributed by atoms with Crippen LogP contribution in [0, 0.1) is 0 Å². The van der Waals surface area contributed by atoms with Gasteiger partial charge in [-0.15, -0.1) is 0 Å². The summed E-state index contributed by atoms with van der Waals surface area (Å²) in [5.74, 6) is 0.428. The third-order valence-electron chi connectivity index (χ3n) is 2.54. The van der Waals surface area contributed by atoms with E-state index in [-0.39, 0.29) is 12.0 Å². The fourth-order valence-electron chi connectivity index (χ4n) is 1.52. The summed E-state index contributed by atoms with van der Waals surface area (Å²) in [6.45, 7) is 1.12. The molecule has 2 N–H and O–H groups in total. The van der Waals surface area contributed by atoms with Crippen LogP contribution in [0.15, 0.2) is 18.2 Å². The predicted octanol–water partition coefficient (Wildman–Crippen LogP) is 0.748. The van der Waals surface area contributed by atoms with Crippen molar-refractivity contribution in [2.24, 2.45) is 0 Å². The van der Waals surface area contributed by atoms with Crippen molar-refractivity contribution in [2.45, 2.75) is 6.10 Å². The van der Waals surface area contributed by atoms with Gasteiger partial charge >= 0.3 is 0 Å². The van der Waals surface area contributed by atoms with E-state index in [1.807, 2.05) is 0 Å². The SMILES string of the molecule is CN(C)C(=O)c1ccc(N)cc1OC1COC1. The smallest absolute Gasteiger partial charge is 0.257 e. The molecule has 1 heterocycles. The quantitative estimate of drug-likeness (QED) is 0.786. The van der Waals surface area contributed by atoms with Crippen molar-refractivity contribution in [1.29, 1.82) is 0 Å². The Labute approximate surface area is 100 Å². The molecule has 0 aromatic heterocycles. The lowest BCUT2D eigenvalue weighted by molar-refractivity contribution is -0.0798. The molecule has 1 saturated heterocycles. The molecule has 5 nitrogen and oxygen atoms in total. The number of carbonyl (C=O) groups excluding carboxylic acids is 1. The van der Waals surface area contributed by atoms with Gasteiger partial charge in [0, 0.05) is 25.8 Å². The van der Waals surface area contributed by atoms with Crippen LogP contribution in [-0.2, 0) is 4.74 Å². The summed E-state index contributed by atoms with van der Waals surface area (Å²) in [5, 5.41) is 0. The van der Waals surface area contributed by atoms with Gasteiger partial charge in [-0.05, 0) is 12.1 Å². The molecule has 0 radical (unpaired) electrons. The van der Waals surface area contributed by atoms with E-state index >= 15 is 0 Å². The van der Waals surface area contributed by atoms with Crippen LogP contribution in [0.25, 0.3) is 0 Å². The Hall–Kier alpha value is -1.75. The van der Waals surface area contributed by atoms with Gasteiger partial charge in [-0.2, -0.15) is 0 Å². The number of rotatable bonds is 3. The van der Waals surface area contributed by atoms with Crippen LogP contribution in [0.5, 0.6) is 5.75 Å². The van der Waals surface area contributed by atoms with Gasteiger partial charge in [0.25, 0.3) is 5.91 Å². The first kappa shape index (κ1) is 11.7. The lowest BCUT2D eigenvalue weighted by atomic mass is 10.1. The number of nitrogen functional groups attached to an aromatic ring is 1. The molecule has 0 aliphatic carbocycles. The van der Waals surface area contributed by atoms with E-state index in [1.165, 1.54) is 4.90 Å². The van der Waals surface area contributed by atoms with Gasteiger partial charge in [0.15, 0.2) is 0 Å². The first-order chi connectivity index (χ1) is 8.08. The van der Waals surface area contributed by atoms with Crippen molar-refractivity contribution in [1.82, 2.24) is 4.90 Å². The molecule has 1 aromatic rings. The molecule has 0 atom stereocenters. The van der Waals surface area contributed by atoms with E-state index in [2.05, 4.69) is 0 Å².